The van der Waals surface area contributed by atoms with Gasteiger partial charge in [0.05, 0.1) is 12.1 Å². The summed E-state index contributed by atoms with van der Waals surface area (Å²) >= 11 is 5.83. The Labute approximate surface area is 115 Å². The summed E-state index contributed by atoms with van der Waals surface area (Å²) in [6, 6.07) is 11.2. The molecule has 0 radical (unpaired) electrons. The third-order valence-corrected chi connectivity index (χ3v) is 2.80. The van der Waals surface area contributed by atoms with E-state index >= 15 is 0 Å². The summed E-state index contributed by atoms with van der Waals surface area (Å²) < 4.78 is 13.5. The lowest BCUT2D eigenvalue weighted by Gasteiger charge is -2.09. The van der Waals surface area contributed by atoms with Crippen LogP contribution >= 0.6 is 11.6 Å². The minimum absolute atomic E-state index is 0.00882. The van der Waals surface area contributed by atoms with Crippen molar-refractivity contribution >= 4 is 28.9 Å². The molecule has 2 rings (SSSR count). The molecule has 5 heteroatoms. The first kappa shape index (κ1) is 13.4. The average Bonchev–Trinajstić information content (AvgIpc) is 2.34. The second-order valence-electron chi connectivity index (χ2n) is 4.06. The minimum atomic E-state index is -0.556. The lowest BCUT2D eigenvalue weighted by atomic mass is 10.1. The third-order valence-electron chi connectivity index (χ3n) is 2.56. The van der Waals surface area contributed by atoms with Crippen LogP contribution in [0.15, 0.2) is 42.5 Å². The molecule has 3 nitrogen and oxygen atoms in total. The fourth-order valence-electron chi connectivity index (χ4n) is 1.69. The van der Waals surface area contributed by atoms with Crippen LogP contribution in [-0.4, -0.2) is 5.91 Å². The first-order valence-electron chi connectivity index (χ1n) is 5.64. The normalized spacial score (nSPS) is 10.2. The predicted molar refractivity (Wildman–Crippen MR) is 74.6 cm³/mol. The van der Waals surface area contributed by atoms with E-state index in [2.05, 4.69) is 5.32 Å². The van der Waals surface area contributed by atoms with Gasteiger partial charge < -0.3 is 11.1 Å². The van der Waals surface area contributed by atoms with Crippen LogP contribution in [0.2, 0.25) is 5.02 Å². The summed E-state index contributed by atoms with van der Waals surface area (Å²) in [6.07, 6.45) is 0.105. The van der Waals surface area contributed by atoms with Gasteiger partial charge in [-0.05, 0) is 29.8 Å². The molecule has 1 amide bonds. The van der Waals surface area contributed by atoms with Crippen LogP contribution in [0.1, 0.15) is 5.56 Å². The molecule has 0 aliphatic carbocycles. The minimum Gasteiger partial charge on any atom is -0.397 e. The summed E-state index contributed by atoms with van der Waals surface area (Å²) in [5.74, 6) is -0.904. The van der Waals surface area contributed by atoms with Crippen molar-refractivity contribution in [2.45, 2.75) is 6.42 Å². The topological polar surface area (TPSA) is 55.1 Å². The second-order valence-corrected chi connectivity index (χ2v) is 4.50. The number of hydrogen-bond acceptors (Lipinski definition) is 2. The Morgan fingerprint density at radius 2 is 2.00 bits per heavy atom. The molecular weight excluding hydrogens is 267 g/mol. The van der Waals surface area contributed by atoms with E-state index in [1.54, 1.807) is 24.3 Å². The first-order chi connectivity index (χ1) is 9.06. The van der Waals surface area contributed by atoms with Gasteiger partial charge >= 0.3 is 0 Å². The Morgan fingerprint density at radius 1 is 1.26 bits per heavy atom. The zero-order chi connectivity index (χ0) is 13.8. The number of amides is 1. The lowest BCUT2D eigenvalue weighted by Crippen LogP contribution is -2.16. The maximum Gasteiger partial charge on any atom is 0.228 e. The van der Waals surface area contributed by atoms with E-state index in [0.717, 1.165) is 5.56 Å². The largest absolute Gasteiger partial charge is 0.397 e. The van der Waals surface area contributed by atoms with Gasteiger partial charge in [-0.25, -0.2) is 4.39 Å². The Bertz CT molecular complexity index is 596. The number of nitrogens with one attached hydrogen (secondary N) is 1. The predicted octanol–water partition coefficient (Wildman–Crippen LogP) is 3.24. The molecule has 0 unspecified atom stereocenters. The zero-order valence-electron chi connectivity index (χ0n) is 9.99. The van der Waals surface area contributed by atoms with Gasteiger partial charge in [0.2, 0.25) is 5.91 Å². The third kappa shape index (κ3) is 3.45. The van der Waals surface area contributed by atoms with E-state index in [0.29, 0.717) is 5.02 Å². The van der Waals surface area contributed by atoms with Gasteiger partial charge in [0.15, 0.2) is 0 Å². The zero-order valence-corrected chi connectivity index (χ0v) is 10.7. The average molecular weight is 279 g/mol. The molecule has 0 bridgehead atoms. The van der Waals surface area contributed by atoms with E-state index in [-0.39, 0.29) is 23.7 Å². The maximum atomic E-state index is 13.5. The smallest absolute Gasteiger partial charge is 0.228 e. The molecule has 0 fully saturated rings. The molecule has 0 atom stereocenters. The van der Waals surface area contributed by atoms with Crippen LogP contribution in [0.25, 0.3) is 0 Å². The van der Waals surface area contributed by atoms with Crippen molar-refractivity contribution in [3.63, 3.8) is 0 Å². The van der Waals surface area contributed by atoms with Crippen LogP contribution < -0.4 is 11.1 Å². The van der Waals surface area contributed by atoms with Gasteiger partial charge in [0.1, 0.15) is 11.5 Å². The van der Waals surface area contributed by atoms with Crippen LogP contribution in [0.3, 0.4) is 0 Å². The number of nitrogens with two attached hydrogens (primary N) is 1. The van der Waals surface area contributed by atoms with Crippen molar-refractivity contribution in [2.75, 3.05) is 11.1 Å². The second kappa shape index (κ2) is 5.71. The molecule has 2 aromatic rings. The van der Waals surface area contributed by atoms with Crippen molar-refractivity contribution in [3.8, 4) is 0 Å². The van der Waals surface area contributed by atoms with Crippen LogP contribution in [0.4, 0.5) is 15.8 Å². The number of anilines is 2. The number of carbonyl (C=O) groups excluding carboxylic acids is 1. The van der Waals surface area contributed by atoms with Gasteiger partial charge in [-0.2, -0.15) is 0 Å². The molecule has 19 heavy (non-hydrogen) atoms. The van der Waals surface area contributed by atoms with E-state index in [4.69, 9.17) is 17.3 Å². The molecule has 3 N–H and O–H groups in total. The molecular formula is C14H12ClFN2O. The number of para-hydroxylation sites is 1. The first-order valence-corrected chi connectivity index (χ1v) is 6.02. The fraction of sp³-hybridized carbons (Fsp3) is 0.0714. The molecule has 0 aliphatic rings. The number of halogens is 2. The molecule has 2 aromatic carbocycles. The van der Waals surface area contributed by atoms with E-state index in [1.807, 2.05) is 0 Å². The van der Waals surface area contributed by atoms with Crippen molar-refractivity contribution in [3.05, 3.63) is 58.9 Å². The summed E-state index contributed by atoms with van der Waals surface area (Å²) in [7, 11) is 0. The molecule has 0 aliphatic heterocycles. The summed E-state index contributed by atoms with van der Waals surface area (Å²) in [5, 5.41) is 3.02. The SMILES string of the molecule is Nc1cccc(F)c1NC(=O)Cc1cccc(Cl)c1. The van der Waals surface area contributed by atoms with Gasteiger partial charge in [-0.15, -0.1) is 0 Å². The van der Waals surface area contributed by atoms with Gasteiger partial charge in [0, 0.05) is 5.02 Å². The number of hydrogen-bond donors (Lipinski definition) is 2. The quantitative estimate of drug-likeness (QED) is 0.847. The molecule has 0 aromatic heterocycles. The standard InChI is InChI=1S/C14H12ClFN2O/c15-10-4-1-3-9(7-10)8-13(19)18-14-11(16)5-2-6-12(14)17/h1-7H,8,17H2,(H,18,19). The van der Waals surface area contributed by atoms with Crippen molar-refractivity contribution in [1.82, 2.24) is 0 Å². The monoisotopic (exact) mass is 278 g/mol. The van der Waals surface area contributed by atoms with Crippen LogP contribution in [-0.2, 0) is 11.2 Å². The summed E-state index contributed by atoms with van der Waals surface area (Å²) in [4.78, 5) is 11.8. The van der Waals surface area contributed by atoms with Gasteiger partial charge in [-0.1, -0.05) is 29.8 Å². The van der Waals surface area contributed by atoms with Crippen molar-refractivity contribution < 1.29 is 9.18 Å². The summed E-state index contributed by atoms with van der Waals surface area (Å²) in [5.41, 5.74) is 6.56. The fourth-order valence-corrected chi connectivity index (χ4v) is 1.90. The van der Waals surface area contributed by atoms with E-state index in [1.165, 1.54) is 18.2 Å². The number of carbonyl (C=O) groups is 1. The van der Waals surface area contributed by atoms with Crippen LogP contribution in [0, 0.1) is 5.82 Å². The number of rotatable bonds is 3. The highest BCUT2D eigenvalue weighted by atomic mass is 35.5. The maximum absolute atomic E-state index is 13.5. The Hall–Kier alpha value is -2.07. The lowest BCUT2D eigenvalue weighted by molar-refractivity contribution is -0.115. The van der Waals surface area contributed by atoms with Crippen LogP contribution in [0.5, 0.6) is 0 Å². The Morgan fingerprint density at radius 3 is 2.68 bits per heavy atom. The van der Waals surface area contributed by atoms with Crippen molar-refractivity contribution in [1.29, 1.82) is 0 Å². The highest BCUT2D eigenvalue weighted by Gasteiger charge is 2.10. The van der Waals surface area contributed by atoms with E-state index in [9.17, 15) is 9.18 Å². The molecule has 0 saturated heterocycles. The number of nitrogen functional groups attached to an aromatic ring is 1. The Balaban J connectivity index is 2.10. The summed E-state index contributed by atoms with van der Waals surface area (Å²) in [6.45, 7) is 0. The highest BCUT2D eigenvalue weighted by Crippen LogP contribution is 2.22. The molecule has 0 heterocycles. The molecule has 0 spiro atoms. The highest BCUT2D eigenvalue weighted by molar-refractivity contribution is 6.30. The Kier molecular flexibility index (Phi) is 4.02. The van der Waals surface area contributed by atoms with Gasteiger partial charge in [-0.3, -0.25) is 4.79 Å². The molecule has 98 valence electrons. The van der Waals surface area contributed by atoms with Gasteiger partial charge in [0.25, 0.3) is 0 Å². The van der Waals surface area contributed by atoms with Crippen molar-refractivity contribution in [2.24, 2.45) is 0 Å². The number of benzene rings is 2. The van der Waals surface area contributed by atoms with E-state index < -0.39 is 5.82 Å². The molecule has 0 saturated carbocycles.